The van der Waals surface area contributed by atoms with Crippen molar-refractivity contribution in [1.29, 1.82) is 0 Å². The van der Waals surface area contributed by atoms with Crippen LogP contribution in [0.4, 0.5) is 13.2 Å². The fourth-order valence-electron chi connectivity index (χ4n) is 5.25. The molecule has 1 spiro atoms. The van der Waals surface area contributed by atoms with Crippen molar-refractivity contribution in [2.75, 3.05) is 24.6 Å². The third-order valence-electron chi connectivity index (χ3n) is 7.12. The predicted octanol–water partition coefficient (Wildman–Crippen LogP) is 4.03. The lowest BCUT2D eigenvalue weighted by Gasteiger charge is -2.37. The van der Waals surface area contributed by atoms with Crippen LogP contribution in [0.1, 0.15) is 62.1 Å². The highest BCUT2D eigenvalue weighted by molar-refractivity contribution is 7.91. The van der Waals surface area contributed by atoms with Crippen LogP contribution in [-0.2, 0) is 16.0 Å². The minimum atomic E-state index is -4.39. The number of halogens is 3. The van der Waals surface area contributed by atoms with Gasteiger partial charge in [-0.05, 0) is 74.5 Å². The fraction of sp³-hybridized carbons (Fsp3) is 0.750. The first-order valence-corrected chi connectivity index (χ1v) is 12.0. The molecule has 1 aromatic heterocycles. The first-order chi connectivity index (χ1) is 13.2. The van der Waals surface area contributed by atoms with Gasteiger partial charge in [-0.1, -0.05) is 6.07 Å². The number of aromatic nitrogens is 1. The number of sulfone groups is 1. The molecule has 1 saturated carbocycles. The second-order valence-electron chi connectivity index (χ2n) is 8.85. The lowest BCUT2D eigenvalue weighted by molar-refractivity contribution is -0.141. The molecule has 4 nitrogen and oxygen atoms in total. The Morgan fingerprint density at radius 2 is 1.71 bits per heavy atom. The van der Waals surface area contributed by atoms with E-state index in [0.29, 0.717) is 17.5 Å². The minimum absolute atomic E-state index is 0.180. The number of pyridine rings is 1. The summed E-state index contributed by atoms with van der Waals surface area (Å²) in [6.07, 6.45) is 3.69. The molecule has 0 amide bonds. The van der Waals surface area contributed by atoms with Crippen molar-refractivity contribution in [3.05, 3.63) is 29.6 Å². The fourth-order valence-corrected chi connectivity index (χ4v) is 6.94. The number of hydrogen-bond donors (Lipinski definition) is 0. The monoisotopic (exact) mass is 416 g/mol. The number of alkyl halides is 3. The van der Waals surface area contributed by atoms with E-state index in [9.17, 15) is 21.6 Å². The number of hydrogen-bond acceptors (Lipinski definition) is 4. The SMILES string of the molecule is O=S1(=O)CCC2(CCN(C3CCC(c4ccc(C(F)(F)F)nc4)CC3)C2)CC1. The lowest BCUT2D eigenvalue weighted by atomic mass is 9.80. The molecular weight excluding hydrogens is 389 g/mol. The Bertz CT molecular complexity index is 786. The Labute approximate surface area is 164 Å². The first kappa shape index (κ1) is 20.1. The van der Waals surface area contributed by atoms with Gasteiger partial charge in [0.25, 0.3) is 0 Å². The smallest absolute Gasteiger partial charge is 0.300 e. The van der Waals surface area contributed by atoms with Gasteiger partial charge in [0.1, 0.15) is 15.5 Å². The molecule has 2 aliphatic heterocycles. The third-order valence-corrected chi connectivity index (χ3v) is 8.77. The van der Waals surface area contributed by atoms with Gasteiger partial charge in [-0.25, -0.2) is 8.42 Å². The summed E-state index contributed by atoms with van der Waals surface area (Å²) in [7, 11) is -2.83. The standard InChI is InChI=1S/C20H27F3N2O2S/c21-20(22,23)18-6-3-16(13-24-18)15-1-4-17(5-2-15)25-10-7-19(14-25)8-11-28(26,27)12-9-19/h3,6,13,15,17H,1-2,4-5,7-12,14H2. The van der Waals surface area contributed by atoms with Crippen molar-refractivity contribution in [3.8, 4) is 0 Å². The summed E-state index contributed by atoms with van der Waals surface area (Å²) in [6.45, 7) is 2.04. The highest BCUT2D eigenvalue weighted by Crippen LogP contribution is 2.44. The summed E-state index contributed by atoms with van der Waals surface area (Å²) in [5.74, 6) is 0.936. The van der Waals surface area contributed by atoms with Crippen LogP contribution in [0.25, 0.3) is 0 Å². The molecule has 28 heavy (non-hydrogen) atoms. The van der Waals surface area contributed by atoms with Crippen LogP contribution in [0.5, 0.6) is 0 Å². The van der Waals surface area contributed by atoms with Gasteiger partial charge in [-0.3, -0.25) is 9.88 Å². The average molecular weight is 417 g/mol. The summed E-state index contributed by atoms with van der Waals surface area (Å²) in [5.41, 5.74) is 0.253. The van der Waals surface area contributed by atoms with E-state index >= 15 is 0 Å². The number of likely N-dealkylation sites (tertiary alicyclic amines) is 1. The second kappa shape index (κ2) is 7.27. The zero-order valence-corrected chi connectivity index (χ0v) is 16.7. The van der Waals surface area contributed by atoms with Gasteiger partial charge in [0.15, 0.2) is 0 Å². The Morgan fingerprint density at radius 3 is 2.29 bits per heavy atom. The van der Waals surface area contributed by atoms with Crippen molar-refractivity contribution >= 4 is 9.84 Å². The van der Waals surface area contributed by atoms with Crippen molar-refractivity contribution in [2.24, 2.45) is 5.41 Å². The maximum atomic E-state index is 12.7. The van der Waals surface area contributed by atoms with Crippen molar-refractivity contribution in [2.45, 2.75) is 63.1 Å². The van der Waals surface area contributed by atoms with E-state index in [0.717, 1.165) is 69.7 Å². The van der Waals surface area contributed by atoms with Crippen LogP contribution in [-0.4, -0.2) is 48.9 Å². The van der Waals surface area contributed by atoms with Gasteiger partial charge >= 0.3 is 6.18 Å². The van der Waals surface area contributed by atoms with E-state index in [-0.39, 0.29) is 11.3 Å². The Hall–Kier alpha value is -1.15. The highest BCUT2D eigenvalue weighted by Gasteiger charge is 2.44. The van der Waals surface area contributed by atoms with E-state index < -0.39 is 21.7 Å². The zero-order chi connectivity index (χ0) is 20.0. The molecule has 0 N–H and O–H groups in total. The Kier molecular flexibility index (Phi) is 5.23. The van der Waals surface area contributed by atoms with Crippen LogP contribution in [0.3, 0.4) is 0 Å². The van der Waals surface area contributed by atoms with E-state index in [2.05, 4.69) is 9.88 Å². The molecule has 3 aliphatic rings. The van der Waals surface area contributed by atoms with E-state index in [4.69, 9.17) is 0 Å². The zero-order valence-electron chi connectivity index (χ0n) is 15.9. The largest absolute Gasteiger partial charge is 0.433 e. The maximum Gasteiger partial charge on any atom is 0.433 e. The summed E-state index contributed by atoms with van der Waals surface area (Å²) in [4.78, 5) is 6.15. The van der Waals surface area contributed by atoms with Gasteiger partial charge in [-0.2, -0.15) is 13.2 Å². The molecule has 8 heteroatoms. The Morgan fingerprint density at radius 1 is 1.04 bits per heavy atom. The first-order valence-electron chi connectivity index (χ1n) is 10.1. The molecular formula is C20H27F3N2O2S. The normalized spacial score (nSPS) is 30.5. The van der Waals surface area contributed by atoms with Crippen LogP contribution in [0, 0.1) is 5.41 Å². The van der Waals surface area contributed by atoms with E-state index in [1.807, 2.05) is 0 Å². The van der Waals surface area contributed by atoms with Crippen molar-refractivity contribution < 1.29 is 21.6 Å². The summed E-state index contributed by atoms with van der Waals surface area (Å²) in [5, 5.41) is 0. The van der Waals surface area contributed by atoms with Gasteiger partial charge < -0.3 is 0 Å². The van der Waals surface area contributed by atoms with Crippen molar-refractivity contribution in [1.82, 2.24) is 9.88 Å². The van der Waals surface area contributed by atoms with E-state index in [1.54, 1.807) is 6.07 Å². The van der Waals surface area contributed by atoms with Crippen LogP contribution in [0.15, 0.2) is 18.3 Å². The molecule has 0 atom stereocenters. The molecule has 0 aromatic carbocycles. The van der Waals surface area contributed by atoms with Gasteiger partial charge in [-0.15, -0.1) is 0 Å². The molecule has 0 bridgehead atoms. The van der Waals surface area contributed by atoms with Gasteiger partial charge in [0.05, 0.1) is 11.5 Å². The van der Waals surface area contributed by atoms with Crippen LogP contribution in [0.2, 0.25) is 0 Å². The summed E-state index contributed by atoms with van der Waals surface area (Å²) >= 11 is 0. The lowest BCUT2D eigenvalue weighted by Crippen LogP contribution is -2.40. The van der Waals surface area contributed by atoms with Gasteiger partial charge in [0.2, 0.25) is 0 Å². The summed E-state index contributed by atoms with van der Waals surface area (Å²) < 4.78 is 61.5. The quantitative estimate of drug-likeness (QED) is 0.731. The molecule has 3 heterocycles. The molecule has 3 fully saturated rings. The third kappa shape index (κ3) is 4.22. The molecule has 1 aliphatic carbocycles. The van der Waals surface area contributed by atoms with Crippen LogP contribution < -0.4 is 0 Å². The second-order valence-corrected chi connectivity index (χ2v) is 11.2. The molecule has 156 valence electrons. The molecule has 0 unspecified atom stereocenters. The highest BCUT2D eigenvalue weighted by atomic mass is 32.2. The Balaban J connectivity index is 1.31. The maximum absolute atomic E-state index is 12.7. The topological polar surface area (TPSA) is 50.3 Å². The molecule has 1 aromatic rings. The minimum Gasteiger partial charge on any atom is -0.300 e. The molecule has 4 rings (SSSR count). The summed E-state index contributed by atoms with van der Waals surface area (Å²) in [6, 6.07) is 3.17. The number of rotatable bonds is 2. The molecule has 2 saturated heterocycles. The molecule has 0 radical (unpaired) electrons. The predicted molar refractivity (Wildman–Crippen MR) is 101 cm³/mol. The van der Waals surface area contributed by atoms with E-state index in [1.165, 1.54) is 6.20 Å². The van der Waals surface area contributed by atoms with Crippen molar-refractivity contribution in [3.63, 3.8) is 0 Å². The van der Waals surface area contributed by atoms with Crippen LogP contribution >= 0.6 is 0 Å². The van der Waals surface area contributed by atoms with Gasteiger partial charge in [0, 0.05) is 18.8 Å². The number of nitrogens with zero attached hydrogens (tertiary/aromatic N) is 2. The average Bonchev–Trinajstić information content (AvgIpc) is 3.09.